The predicted octanol–water partition coefficient (Wildman–Crippen LogP) is 4.56. The van der Waals surface area contributed by atoms with Crippen molar-refractivity contribution in [3.05, 3.63) is 72.4 Å². The molecule has 0 aliphatic carbocycles. The summed E-state index contributed by atoms with van der Waals surface area (Å²) in [5.41, 5.74) is 0.971. The fourth-order valence-electron chi connectivity index (χ4n) is 7.93. The molecule has 0 radical (unpaired) electrons. The number of hydrogen-bond donors (Lipinski definition) is 2. The van der Waals surface area contributed by atoms with Crippen molar-refractivity contribution in [2.45, 2.75) is 70.4 Å². The van der Waals surface area contributed by atoms with E-state index in [0.717, 1.165) is 19.3 Å². The highest BCUT2D eigenvalue weighted by Gasteiger charge is 2.48. The third-order valence-corrected chi connectivity index (χ3v) is 11.0. The Bertz CT molecular complexity index is 2490. The van der Waals surface area contributed by atoms with Gasteiger partial charge in [0.2, 0.25) is 23.4 Å². The van der Waals surface area contributed by atoms with Crippen LogP contribution in [0.5, 0.6) is 17.4 Å². The van der Waals surface area contributed by atoms with Crippen molar-refractivity contribution in [2.24, 2.45) is 21.1 Å². The number of benzene rings is 1. The summed E-state index contributed by atoms with van der Waals surface area (Å²) in [6.07, 6.45) is 7.62. The van der Waals surface area contributed by atoms with E-state index >= 15 is 0 Å². The number of methoxy groups -OCH3 is 1. The standard InChI is InChI=1S/C44H53N9O13/c1-7-17-64-44(59)53-29-22-32(31(60-6)21-27(29)40(56)52-16-11-13-28(52)41(53)66-36-15-9-10-18-63-36)62-19-12-14-34(54)45-26-20-30(49(3)23-26)39(55)47-33-24-50(4)38(46-33)43(58)65-35-25-51(5)37(48-35)42(57)61-8-2/h7,20-25,28,36,41H,1,8-19H2,2-6H3,(H,45,54)(H,47,55)/t28-,36?,41?/m0/s1. The Labute approximate surface area is 379 Å². The van der Waals surface area contributed by atoms with Crippen molar-refractivity contribution < 1.29 is 61.9 Å². The molecule has 2 N–H and O–H groups in total. The number of nitrogens with zero attached hydrogens (tertiary/aromatic N) is 7. The number of ether oxygens (including phenoxy) is 7. The van der Waals surface area contributed by atoms with E-state index in [4.69, 9.17) is 33.2 Å². The van der Waals surface area contributed by atoms with E-state index in [2.05, 4.69) is 27.2 Å². The van der Waals surface area contributed by atoms with E-state index < -0.39 is 42.5 Å². The number of anilines is 3. The lowest BCUT2D eigenvalue weighted by molar-refractivity contribution is -0.195. The topological polar surface area (TPSA) is 238 Å². The van der Waals surface area contributed by atoms with Gasteiger partial charge in [-0.25, -0.2) is 24.3 Å². The second-order valence-electron chi connectivity index (χ2n) is 15.7. The zero-order chi connectivity index (χ0) is 47.1. The summed E-state index contributed by atoms with van der Waals surface area (Å²) < 4.78 is 44.3. The van der Waals surface area contributed by atoms with Crippen molar-refractivity contribution in [3.63, 3.8) is 0 Å². The van der Waals surface area contributed by atoms with Gasteiger partial charge in [0.15, 0.2) is 29.8 Å². The predicted molar refractivity (Wildman–Crippen MR) is 234 cm³/mol. The first-order chi connectivity index (χ1) is 31.8. The molecule has 1 aromatic carbocycles. The van der Waals surface area contributed by atoms with Gasteiger partial charge in [-0.2, -0.15) is 4.98 Å². The first-order valence-corrected chi connectivity index (χ1v) is 21.5. The third kappa shape index (κ3) is 10.3. The van der Waals surface area contributed by atoms with Crippen molar-refractivity contribution in [1.29, 1.82) is 0 Å². The molecule has 2 unspecified atom stereocenters. The fourth-order valence-corrected chi connectivity index (χ4v) is 7.93. The maximum Gasteiger partial charge on any atom is 0.416 e. The minimum absolute atomic E-state index is 0.0333. The molecule has 2 fully saturated rings. The van der Waals surface area contributed by atoms with Crippen molar-refractivity contribution in [3.8, 4) is 17.4 Å². The van der Waals surface area contributed by atoms with Crippen LogP contribution in [0.4, 0.5) is 22.0 Å². The molecule has 0 spiro atoms. The van der Waals surface area contributed by atoms with Crippen molar-refractivity contribution in [1.82, 2.24) is 28.6 Å². The van der Waals surface area contributed by atoms with Crippen molar-refractivity contribution in [2.75, 3.05) is 55.6 Å². The molecule has 0 bridgehead atoms. The lowest BCUT2D eigenvalue weighted by Crippen LogP contribution is -2.54. The highest BCUT2D eigenvalue weighted by atomic mass is 16.7. The Morgan fingerprint density at radius 2 is 1.70 bits per heavy atom. The summed E-state index contributed by atoms with van der Waals surface area (Å²) >= 11 is 0. The van der Waals surface area contributed by atoms with Gasteiger partial charge in [0.05, 0.1) is 49.5 Å². The van der Waals surface area contributed by atoms with Crippen LogP contribution in [0.1, 0.15) is 94.0 Å². The summed E-state index contributed by atoms with van der Waals surface area (Å²) in [6.45, 7) is 6.46. The van der Waals surface area contributed by atoms with Crippen LogP contribution in [0.25, 0.3) is 0 Å². The Balaban J connectivity index is 0.971. The quantitative estimate of drug-likeness (QED) is 0.0839. The van der Waals surface area contributed by atoms with Crippen LogP contribution < -0.4 is 29.7 Å². The van der Waals surface area contributed by atoms with Gasteiger partial charge < -0.3 is 62.4 Å². The van der Waals surface area contributed by atoms with Gasteiger partial charge in [0, 0.05) is 59.2 Å². The fraction of sp³-hybridized carbons (Fsp3) is 0.455. The molecule has 3 atom stereocenters. The normalized spacial score (nSPS) is 17.8. The zero-order valence-corrected chi connectivity index (χ0v) is 37.4. The maximum atomic E-state index is 14.1. The summed E-state index contributed by atoms with van der Waals surface area (Å²) in [6, 6.07) is 4.13. The largest absolute Gasteiger partial charge is 0.493 e. The van der Waals surface area contributed by atoms with Crippen LogP contribution in [-0.4, -0.2) is 123 Å². The number of aromatic nitrogens is 5. The molecule has 4 amide bonds. The highest BCUT2D eigenvalue weighted by molar-refractivity contribution is 6.06. The Kier molecular flexibility index (Phi) is 14.7. The van der Waals surface area contributed by atoms with E-state index in [-0.39, 0.29) is 96.3 Å². The first-order valence-electron chi connectivity index (χ1n) is 21.5. The number of aryl methyl sites for hydroxylation is 3. The van der Waals surface area contributed by atoms with Gasteiger partial charge in [-0.15, -0.1) is 0 Å². The van der Waals surface area contributed by atoms with Crippen LogP contribution >= 0.6 is 0 Å². The molecule has 3 aliphatic rings. The molecule has 0 saturated carbocycles. The smallest absolute Gasteiger partial charge is 0.416 e. The van der Waals surface area contributed by atoms with E-state index in [1.54, 1.807) is 44.2 Å². The molecule has 2 saturated heterocycles. The third-order valence-electron chi connectivity index (χ3n) is 11.0. The van der Waals surface area contributed by atoms with Crippen LogP contribution in [0.2, 0.25) is 0 Å². The molecular weight excluding hydrogens is 863 g/mol. The summed E-state index contributed by atoms with van der Waals surface area (Å²) in [5.74, 6) is -2.58. The van der Waals surface area contributed by atoms with Crippen LogP contribution in [-0.2, 0) is 44.9 Å². The average Bonchev–Trinajstić information content (AvgIpc) is 4.09. The van der Waals surface area contributed by atoms with Gasteiger partial charge in [-0.1, -0.05) is 12.7 Å². The average molecular weight is 916 g/mol. The Morgan fingerprint density at radius 3 is 2.44 bits per heavy atom. The zero-order valence-electron chi connectivity index (χ0n) is 37.4. The maximum absolute atomic E-state index is 14.1. The molecule has 352 valence electrons. The minimum atomic E-state index is -0.916. The number of amides is 4. The number of imidazole rings is 2. The SMILES string of the molecule is C=CCOC(=O)N1c2cc(OCCCC(=O)Nc3cc(C(=O)Nc4cn(C)c(C(=O)Oc5cn(C)c(C(=O)OCC)n5)n4)n(C)c3)c(OC)cc2C(=O)N2CCC[C@H]2C1OC1CCCCO1. The number of rotatable bonds is 17. The van der Waals surface area contributed by atoms with Crippen LogP contribution in [0.3, 0.4) is 0 Å². The monoisotopic (exact) mass is 915 g/mol. The minimum Gasteiger partial charge on any atom is -0.493 e. The van der Waals surface area contributed by atoms with Gasteiger partial charge in [-0.3, -0.25) is 14.4 Å². The van der Waals surface area contributed by atoms with E-state index in [1.165, 1.54) is 57.3 Å². The second kappa shape index (κ2) is 20.7. The van der Waals surface area contributed by atoms with Gasteiger partial charge >= 0.3 is 18.0 Å². The number of hydrogen-bond acceptors (Lipinski definition) is 15. The number of fused-ring (bicyclic) bond motifs is 2. The molecular formula is C44H53N9O13. The number of esters is 2. The van der Waals surface area contributed by atoms with Crippen LogP contribution in [0, 0.1) is 0 Å². The molecule has 22 heteroatoms. The lowest BCUT2D eigenvalue weighted by Gasteiger charge is -2.38. The van der Waals surface area contributed by atoms with E-state index in [0.29, 0.717) is 31.7 Å². The molecule has 7 rings (SSSR count). The van der Waals surface area contributed by atoms with Gasteiger partial charge in [-0.05, 0) is 57.6 Å². The Morgan fingerprint density at radius 1 is 0.909 bits per heavy atom. The Hall–Kier alpha value is -7.20. The number of carbonyl (C=O) groups is 6. The van der Waals surface area contributed by atoms with E-state index in [1.807, 2.05) is 0 Å². The second-order valence-corrected chi connectivity index (χ2v) is 15.7. The summed E-state index contributed by atoms with van der Waals surface area (Å²) in [4.78, 5) is 90.7. The molecule has 3 aromatic heterocycles. The molecule has 66 heavy (non-hydrogen) atoms. The summed E-state index contributed by atoms with van der Waals surface area (Å²) in [5, 5.41) is 5.43. The molecule has 4 aromatic rings. The number of carbonyl (C=O) groups excluding carboxylic acids is 6. The number of nitrogens with one attached hydrogen (secondary N) is 2. The van der Waals surface area contributed by atoms with Crippen LogP contribution in [0.15, 0.2) is 49.4 Å². The van der Waals surface area contributed by atoms with E-state index in [9.17, 15) is 28.8 Å². The lowest BCUT2D eigenvalue weighted by atomic mass is 10.1. The first kappa shape index (κ1) is 46.8. The summed E-state index contributed by atoms with van der Waals surface area (Å²) in [7, 11) is 6.15. The highest BCUT2D eigenvalue weighted by Crippen LogP contribution is 2.42. The molecule has 3 aliphatic heterocycles. The van der Waals surface area contributed by atoms with Gasteiger partial charge in [0.1, 0.15) is 12.3 Å². The van der Waals surface area contributed by atoms with Crippen molar-refractivity contribution >= 4 is 52.9 Å². The molecule has 6 heterocycles. The molecule has 22 nitrogen and oxygen atoms in total. The van der Waals surface area contributed by atoms with Gasteiger partial charge in [0.25, 0.3) is 11.8 Å².